The van der Waals surface area contributed by atoms with Crippen molar-refractivity contribution in [2.24, 2.45) is 0 Å². The van der Waals surface area contributed by atoms with Crippen molar-refractivity contribution >= 4 is 15.9 Å². The Kier molecular flexibility index (Phi) is 4.98. The van der Waals surface area contributed by atoms with Crippen LogP contribution in [0.1, 0.15) is 31.9 Å². The summed E-state index contributed by atoms with van der Waals surface area (Å²) < 4.78 is 14.4. The van der Waals surface area contributed by atoms with Crippen molar-refractivity contribution < 1.29 is 4.39 Å². The molecule has 1 nitrogen and oxygen atoms in total. The Morgan fingerprint density at radius 1 is 1.50 bits per heavy atom. The molecule has 0 aliphatic carbocycles. The molecule has 0 aliphatic rings. The summed E-state index contributed by atoms with van der Waals surface area (Å²) in [5.41, 5.74) is 0.659. The molecule has 2 atom stereocenters. The van der Waals surface area contributed by atoms with Gasteiger partial charge < -0.3 is 5.32 Å². The van der Waals surface area contributed by atoms with Gasteiger partial charge in [0.05, 0.1) is 0 Å². The highest BCUT2D eigenvalue weighted by atomic mass is 79.9. The van der Waals surface area contributed by atoms with E-state index < -0.39 is 0 Å². The molecule has 1 N–H and O–H groups in total. The fourth-order valence-corrected chi connectivity index (χ4v) is 1.94. The van der Waals surface area contributed by atoms with Crippen LogP contribution in [0, 0.1) is 18.2 Å². The molecule has 2 unspecified atom stereocenters. The Balaban J connectivity index is 2.73. The maximum absolute atomic E-state index is 13.6. The van der Waals surface area contributed by atoms with E-state index in [-0.39, 0.29) is 17.9 Å². The normalized spacial score (nSPS) is 14.2. The lowest BCUT2D eigenvalue weighted by molar-refractivity contribution is 0.468. The molecule has 3 heteroatoms. The van der Waals surface area contributed by atoms with Crippen molar-refractivity contribution in [3.05, 3.63) is 34.1 Å². The molecule has 0 radical (unpaired) electrons. The van der Waals surface area contributed by atoms with E-state index in [0.29, 0.717) is 12.0 Å². The Bertz CT molecular complexity index is 397. The van der Waals surface area contributed by atoms with Crippen LogP contribution in [-0.2, 0) is 0 Å². The standard InChI is InChI=1S/C13H15BrFN/c1-4-5-9(2)16-10(3)12-7-6-11(14)8-13(12)15/h1,6-10,16H,5H2,2-3H3. The Labute approximate surface area is 105 Å². The first-order valence-corrected chi connectivity index (χ1v) is 5.98. The minimum atomic E-state index is -0.206. The largest absolute Gasteiger partial charge is 0.307 e. The lowest BCUT2D eigenvalue weighted by Gasteiger charge is -2.19. The maximum atomic E-state index is 13.6. The third kappa shape index (κ3) is 3.62. The molecule has 0 aromatic heterocycles. The highest BCUT2D eigenvalue weighted by molar-refractivity contribution is 9.10. The van der Waals surface area contributed by atoms with Crippen molar-refractivity contribution in [2.45, 2.75) is 32.4 Å². The van der Waals surface area contributed by atoms with Gasteiger partial charge >= 0.3 is 0 Å². The highest BCUT2D eigenvalue weighted by Crippen LogP contribution is 2.21. The summed E-state index contributed by atoms with van der Waals surface area (Å²) in [6.45, 7) is 3.92. The number of halogens is 2. The second-order valence-electron chi connectivity index (χ2n) is 3.86. The van der Waals surface area contributed by atoms with Crippen molar-refractivity contribution in [1.29, 1.82) is 0 Å². The molecule has 1 rings (SSSR count). The predicted molar refractivity (Wildman–Crippen MR) is 68.6 cm³/mol. The number of benzene rings is 1. The van der Waals surface area contributed by atoms with Crippen LogP contribution in [0.4, 0.5) is 4.39 Å². The van der Waals surface area contributed by atoms with Gasteiger partial charge in [-0.2, -0.15) is 0 Å². The van der Waals surface area contributed by atoms with Gasteiger partial charge in [-0.3, -0.25) is 0 Å². The number of nitrogens with one attached hydrogen (secondary N) is 1. The van der Waals surface area contributed by atoms with Crippen LogP contribution in [0.25, 0.3) is 0 Å². The molecular weight excluding hydrogens is 269 g/mol. The molecule has 0 heterocycles. The number of terminal acetylenes is 1. The monoisotopic (exact) mass is 283 g/mol. The van der Waals surface area contributed by atoms with Gasteiger partial charge in [0.25, 0.3) is 0 Å². The summed E-state index contributed by atoms with van der Waals surface area (Å²) in [4.78, 5) is 0. The molecular formula is C13H15BrFN. The van der Waals surface area contributed by atoms with E-state index in [4.69, 9.17) is 6.42 Å². The Morgan fingerprint density at radius 3 is 2.75 bits per heavy atom. The summed E-state index contributed by atoms with van der Waals surface area (Å²) in [6, 6.07) is 5.22. The van der Waals surface area contributed by atoms with Crippen LogP contribution in [0.3, 0.4) is 0 Å². The van der Waals surface area contributed by atoms with E-state index in [1.165, 1.54) is 6.07 Å². The van der Waals surface area contributed by atoms with Gasteiger partial charge in [0.2, 0.25) is 0 Å². The van der Waals surface area contributed by atoms with Crippen LogP contribution in [0.5, 0.6) is 0 Å². The number of rotatable bonds is 4. The average Bonchev–Trinajstić information content (AvgIpc) is 2.17. The van der Waals surface area contributed by atoms with Crippen LogP contribution in [0.15, 0.2) is 22.7 Å². The first-order chi connectivity index (χ1) is 7.54. The fourth-order valence-electron chi connectivity index (χ4n) is 1.60. The van der Waals surface area contributed by atoms with E-state index >= 15 is 0 Å². The Hall–Kier alpha value is -0.850. The van der Waals surface area contributed by atoms with Crippen molar-refractivity contribution in [3.63, 3.8) is 0 Å². The van der Waals surface area contributed by atoms with Crippen molar-refractivity contribution in [1.82, 2.24) is 5.32 Å². The molecule has 0 spiro atoms. The minimum absolute atomic E-state index is 0.0450. The first-order valence-electron chi connectivity index (χ1n) is 5.19. The second kappa shape index (κ2) is 6.03. The van der Waals surface area contributed by atoms with Gasteiger partial charge in [-0.05, 0) is 26.0 Å². The first kappa shape index (κ1) is 13.2. The molecule has 1 aromatic rings. The van der Waals surface area contributed by atoms with E-state index in [0.717, 1.165) is 4.47 Å². The van der Waals surface area contributed by atoms with E-state index in [1.807, 2.05) is 19.9 Å². The molecule has 0 amide bonds. The molecule has 0 bridgehead atoms. The predicted octanol–water partition coefficient (Wildman–Crippen LogP) is 3.65. The van der Waals surface area contributed by atoms with Gasteiger partial charge in [-0.1, -0.05) is 22.0 Å². The molecule has 0 fully saturated rings. The molecule has 86 valence electrons. The minimum Gasteiger partial charge on any atom is -0.307 e. The summed E-state index contributed by atoms with van der Waals surface area (Å²) in [5, 5.41) is 3.26. The molecule has 0 saturated carbocycles. The maximum Gasteiger partial charge on any atom is 0.129 e. The molecule has 1 aromatic carbocycles. The molecule has 16 heavy (non-hydrogen) atoms. The van der Waals surface area contributed by atoms with Gasteiger partial charge in [0.15, 0.2) is 0 Å². The smallest absolute Gasteiger partial charge is 0.129 e. The topological polar surface area (TPSA) is 12.0 Å². The molecule has 0 saturated heterocycles. The quantitative estimate of drug-likeness (QED) is 0.832. The van der Waals surface area contributed by atoms with E-state index in [9.17, 15) is 4.39 Å². The molecule has 0 aliphatic heterocycles. The lowest BCUT2D eigenvalue weighted by atomic mass is 10.1. The average molecular weight is 284 g/mol. The third-order valence-electron chi connectivity index (χ3n) is 2.39. The highest BCUT2D eigenvalue weighted by Gasteiger charge is 2.12. The SMILES string of the molecule is C#CCC(C)NC(C)c1ccc(Br)cc1F. The van der Waals surface area contributed by atoms with Crippen molar-refractivity contribution in [3.8, 4) is 12.3 Å². The zero-order valence-corrected chi connectivity index (χ0v) is 11.0. The van der Waals surface area contributed by atoms with Crippen LogP contribution in [-0.4, -0.2) is 6.04 Å². The summed E-state index contributed by atoms with van der Waals surface area (Å²) in [7, 11) is 0. The summed E-state index contributed by atoms with van der Waals surface area (Å²) in [6.07, 6.45) is 5.86. The van der Waals surface area contributed by atoms with Crippen molar-refractivity contribution in [2.75, 3.05) is 0 Å². The summed E-state index contributed by atoms with van der Waals surface area (Å²) >= 11 is 3.23. The zero-order chi connectivity index (χ0) is 12.1. The fraction of sp³-hybridized carbons (Fsp3) is 0.385. The number of hydrogen-bond acceptors (Lipinski definition) is 1. The van der Waals surface area contributed by atoms with Gasteiger partial charge in [-0.25, -0.2) is 4.39 Å². The lowest BCUT2D eigenvalue weighted by Crippen LogP contribution is -2.29. The Morgan fingerprint density at radius 2 is 2.19 bits per heavy atom. The van der Waals surface area contributed by atoms with Gasteiger partial charge in [0.1, 0.15) is 5.82 Å². The van der Waals surface area contributed by atoms with Crippen LogP contribution < -0.4 is 5.32 Å². The summed E-state index contributed by atoms with van der Waals surface area (Å²) in [5.74, 6) is 2.38. The number of hydrogen-bond donors (Lipinski definition) is 1. The van der Waals surface area contributed by atoms with Crippen LogP contribution in [0.2, 0.25) is 0 Å². The van der Waals surface area contributed by atoms with E-state index in [2.05, 4.69) is 27.2 Å². The third-order valence-corrected chi connectivity index (χ3v) is 2.88. The second-order valence-corrected chi connectivity index (χ2v) is 4.78. The van der Waals surface area contributed by atoms with Gasteiger partial charge in [0, 0.05) is 28.5 Å². The zero-order valence-electron chi connectivity index (χ0n) is 9.43. The van der Waals surface area contributed by atoms with Crippen LogP contribution >= 0.6 is 15.9 Å². The van der Waals surface area contributed by atoms with Gasteiger partial charge in [-0.15, -0.1) is 12.3 Å². The van der Waals surface area contributed by atoms with E-state index in [1.54, 1.807) is 6.07 Å².